The first-order valence-electron chi connectivity index (χ1n) is 7.64. The normalized spacial score (nSPS) is 22.8. The van der Waals surface area contributed by atoms with E-state index in [1.165, 1.54) is 50.3 Å². The van der Waals surface area contributed by atoms with Crippen LogP contribution in [0.25, 0.3) is 0 Å². The van der Waals surface area contributed by atoms with Crippen molar-refractivity contribution in [3.8, 4) is 0 Å². The third kappa shape index (κ3) is 2.51. The molecule has 2 heterocycles. The average molecular weight is 258 g/mol. The number of piperidine rings is 1. The summed E-state index contributed by atoms with van der Waals surface area (Å²) in [5.41, 5.74) is 3.36. The van der Waals surface area contributed by atoms with Crippen LogP contribution in [0.5, 0.6) is 0 Å². The molecule has 1 aromatic rings. The van der Waals surface area contributed by atoms with Gasteiger partial charge in [0.05, 0.1) is 0 Å². The standard InChI is InChI=1S/C17H26N2/c1-14(2)19-12-17(13-19)8-5-9-18(11-17)16-7-4-6-15(3)10-16/h4,6-7,10,14H,5,8-9,11-13H2,1-3H3. The number of hydrogen-bond donors (Lipinski definition) is 0. The van der Waals surface area contributed by atoms with Crippen LogP contribution in [0.2, 0.25) is 0 Å². The number of anilines is 1. The zero-order chi connectivity index (χ0) is 13.5. The van der Waals surface area contributed by atoms with E-state index < -0.39 is 0 Å². The Kier molecular flexibility index (Phi) is 3.30. The summed E-state index contributed by atoms with van der Waals surface area (Å²) in [6.45, 7) is 11.9. The summed E-state index contributed by atoms with van der Waals surface area (Å²) in [6.07, 6.45) is 2.76. The van der Waals surface area contributed by atoms with E-state index in [9.17, 15) is 0 Å². The summed E-state index contributed by atoms with van der Waals surface area (Å²) in [4.78, 5) is 5.22. The van der Waals surface area contributed by atoms with Gasteiger partial charge < -0.3 is 4.90 Å². The van der Waals surface area contributed by atoms with E-state index in [-0.39, 0.29) is 0 Å². The summed E-state index contributed by atoms with van der Waals surface area (Å²) < 4.78 is 0. The van der Waals surface area contributed by atoms with Gasteiger partial charge in [-0.25, -0.2) is 0 Å². The lowest BCUT2D eigenvalue weighted by Crippen LogP contribution is -2.64. The Bertz CT molecular complexity index is 446. The van der Waals surface area contributed by atoms with Crippen molar-refractivity contribution in [2.24, 2.45) is 5.41 Å². The summed E-state index contributed by atoms with van der Waals surface area (Å²) in [7, 11) is 0. The fourth-order valence-electron chi connectivity index (χ4n) is 3.69. The second-order valence-corrected chi connectivity index (χ2v) is 6.86. The summed E-state index contributed by atoms with van der Waals surface area (Å²) in [6, 6.07) is 9.68. The van der Waals surface area contributed by atoms with E-state index >= 15 is 0 Å². The topological polar surface area (TPSA) is 6.48 Å². The fraction of sp³-hybridized carbons (Fsp3) is 0.647. The lowest BCUT2D eigenvalue weighted by Gasteiger charge is -2.56. The number of benzene rings is 1. The van der Waals surface area contributed by atoms with Gasteiger partial charge in [0.25, 0.3) is 0 Å². The highest BCUT2D eigenvalue weighted by Gasteiger charge is 2.46. The number of nitrogens with zero attached hydrogens (tertiary/aromatic N) is 2. The van der Waals surface area contributed by atoms with Crippen LogP contribution >= 0.6 is 0 Å². The minimum Gasteiger partial charge on any atom is -0.371 e. The molecule has 0 radical (unpaired) electrons. The van der Waals surface area contributed by atoms with Gasteiger partial charge in [-0.15, -0.1) is 0 Å². The lowest BCUT2D eigenvalue weighted by molar-refractivity contribution is -0.0305. The molecule has 0 saturated carbocycles. The molecule has 2 aliphatic heterocycles. The van der Waals surface area contributed by atoms with Gasteiger partial charge in [0.1, 0.15) is 0 Å². The minimum absolute atomic E-state index is 0.576. The third-order valence-electron chi connectivity index (χ3n) is 4.84. The van der Waals surface area contributed by atoms with Crippen molar-refractivity contribution in [1.82, 2.24) is 4.90 Å². The molecule has 0 aromatic heterocycles. The first-order chi connectivity index (χ1) is 9.08. The molecule has 3 rings (SSSR count). The SMILES string of the molecule is Cc1cccc(N2CCCC3(C2)CN(C(C)C)C3)c1. The van der Waals surface area contributed by atoms with Gasteiger partial charge in [0.2, 0.25) is 0 Å². The predicted octanol–water partition coefficient (Wildman–Crippen LogP) is 3.31. The summed E-state index contributed by atoms with van der Waals surface area (Å²) in [5, 5.41) is 0. The Morgan fingerprint density at radius 3 is 2.63 bits per heavy atom. The van der Waals surface area contributed by atoms with Gasteiger partial charge in [0, 0.05) is 43.3 Å². The summed E-state index contributed by atoms with van der Waals surface area (Å²) >= 11 is 0. The monoisotopic (exact) mass is 258 g/mol. The molecule has 0 bridgehead atoms. The van der Waals surface area contributed by atoms with Crippen molar-refractivity contribution >= 4 is 5.69 Å². The maximum Gasteiger partial charge on any atom is 0.0369 e. The molecular formula is C17H26N2. The van der Waals surface area contributed by atoms with Crippen molar-refractivity contribution < 1.29 is 0 Å². The first-order valence-corrected chi connectivity index (χ1v) is 7.64. The van der Waals surface area contributed by atoms with Gasteiger partial charge in [-0.05, 0) is 51.3 Å². The number of aryl methyl sites for hydroxylation is 1. The van der Waals surface area contributed by atoms with E-state index in [4.69, 9.17) is 0 Å². The average Bonchev–Trinajstić information content (AvgIpc) is 2.36. The van der Waals surface area contributed by atoms with E-state index in [1.54, 1.807) is 0 Å². The molecular weight excluding hydrogens is 232 g/mol. The van der Waals surface area contributed by atoms with E-state index in [0.717, 1.165) is 0 Å². The Balaban J connectivity index is 1.69. The fourth-order valence-corrected chi connectivity index (χ4v) is 3.69. The molecule has 2 nitrogen and oxygen atoms in total. The van der Waals surface area contributed by atoms with Gasteiger partial charge in [-0.3, -0.25) is 4.90 Å². The molecule has 1 spiro atoms. The highest BCUT2D eigenvalue weighted by Crippen LogP contribution is 2.41. The number of rotatable bonds is 2. The Morgan fingerprint density at radius 1 is 1.16 bits per heavy atom. The maximum absolute atomic E-state index is 2.61. The second-order valence-electron chi connectivity index (χ2n) is 6.86. The van der Waals surface area contributed by atoms with Crippen molar-refractivity contribution in [3.05, 3.63) is 29.8 Å². The summed E-state index contributed by atoms with van der Waals surface area (Å²) in [5.74, 6) is 0. The smallest absolute Gasteiger partial charge is 0.0369 e. The van der Waals surface area contributed by atoms with Crippen molar-refractivity contribution in [2.45, 2.75) is 39.7 Å². The van der Waals surface area contributed by atoms with Gasteiger partial charge >= 0.3 is 0 Å². The highest BCUT2D eigenvalue weighted by molar-refractivity contribution is 5.49. The van der Waals surface area contributed by atoms with Crippen LogP contribution in [-0.4, -0.2) is 37.1 Å². The molecule has 0 unspecified atom stereocenters. The third-order valence-corrected chi connectivity index (χ3v) is 4.84. The first kappa shape index (κ1) is 13.0. The van der Waals surface area contributed by atoms with Crippen LogP contribution in [-0.2, 0) is 0 Å². The predicted molar refractivity (Wildman–Crippen MR) is 81.8 cm³/mol. The number of hydrogen-bond acceptors (Lipinski definition) is 2. The molecule has 2 fully saturated rings. The van der Waals surface area contributed by atoms with Crippen LogP contribution in [0, 0.1) is 12.3 Å². The van der Waals surface area contributed by atoms with E-state index in [1.807, 2.05) is 0 Å². The number of likely N-dealkylation sites (tertiary alicyclic amines) is 1. The molecule has 0 atom stereocenters. The molecule has 0 N–H and O–H groups in total. The minimum atomic E-state index is 0.576. The van der Waals surface area contributed by atoms with Crippen molar-refractivity contribution in [3.63, 3.8) is 0 Å². The van der Waals surface area contributed by atoms with E-state index in [0.29, 0.717) is 11.5 Å². The zero-order valence-corrected chi connectivity index (χ0v) is 12.5. The second kappa shape index (κ2) is 4.82. The molecule has 2 aliphatic rings. The van der Waals surface area contributed by atoms with Gasteiger partial charge in [-0.2, -0.15) is 0 Å². The van der Waals surface area contributed by atoms with Crippen LogP contribution in [0.3, 0.4) is 0 Å². The molecule has 2 heteroatoms. The Labute approximate surface area is 117 Å². The molecule has 104 valence electrons. The maximum atomic E-state index is 2.61. The van der Waals surface area contributed by atoms with Gasteiger partial charge in [-0.1, -0.05) is 12.1 Å². The quantitative estimate of drug-likeness (QED) is 0.803. The zero-order valence-electron chi connectivity index (χ0n) is 12.5. The van der Waals surface area contributed by atoms with Gasteiger partial charge in [0.15, 0.2) is 0 Å². The van der Waals surface area contributed by atoms with Crippen LogP contribution in [0.1, 0.15) is 32.3 Å². The van der Waals surface area contributed by atoms with E-state index in [2.05, 4.69) is 54.8 Å². The van der Waals surface area contributed by atoms with Crippen LogP contribution in [0.15, 0.2) is 24.3 Å². The molecule has 19 heavy (non-hydrogen) atoms. The van der Waals surface area contributed by atoms with Crippen LogP contribution in [0.4, 0.5) is 5.69 Å². The van der Waals surface area contributed by atoms with Crippen LogP contribution < -0.4 is 4.90 Å². The highest BCUT2D eigenvalue weighted by atomic mass is 15.3. The van der Waals surface area contributed by atoms with Crippen molar-refractivity contribution in [1.29, 1.82) is 0 Å². The Morgan fingerprint density at radius 2 is 1.95 bits per heavy atom. The lowest BCUT2D eigenvalue weighted by atomic mass is 9.72. The largest absolute Gasteiger partial charge is 0.371 e. The van der Waals surface area contributed by atoms with Crippen molar-refractivity contribution in [2.75, 3.05) is 31.1 Å². The Hall–Kier alpha value is -1.02. The molecule has 0 amide bonds. The molecule has 0 aliphatic carbocycles. The molecule has 2 saturated heterocycles. The molecule has 1 aromatic carbocycles.